The van der Waals surface area contributed by atoms with Crippen molar-refractivity contribution in [3.05, 3.63) is 29.8 Å². The summed E-state index contributed by atoms with van der Waals surface area (Å²) < 4.78 is 5.13. The highest BCUT2D eigenvalue weighted by molar-refractivity contribution is 14.0. The number of aliphatic hydroxyl groups is 1. The first-order valence-electron chi connectivity index (χ1n) is 9.22. The lowest BCUT2D eigenvalue weighted by molar-refractivity contribution is -0.129. The van der Waals surface area contributed by atoms with Crippen LogP contribution in [-0.4, -0.2) is 61.2 Å². The van der Waals surface area contributed by atoms with Crippen molar-refractivity contribution in [2.24, 2.45) is 4.99 Å². The molecular weight excluding hydrogens is 459 g/mol. The summed E-state index contributed by atoms with van der Waals surface area (Å²) in [7, 11) is 1.61. The van der Waals surface area contributed by atoms with Crippen LogP contribution in [0.15, 0.2) is 29.3 Å². The van der Waals surface area contributed by atoms with Crippen molar-refractivity contribution in [3.8, 4) is 5.75 Å². The Morgan fingerprint density at radius 3 is 2.67 bits per heavy atom. The molecule has 0 spiro atoms. The lowest BCUT2D eigenvalue weighted by Gasteiger charge is -2.19. The van der Waals surface area contributed by atoms with Gasteiger partial charge in [-0.3, -0.25) is 9.79 Å². The molecule has 1 fully saturated rings. The summed E-state index contributed by atoms with van der Waals surface area (Å²) >= 11 is 0. The number of hydrogen-bond donors (Lipinski definition) is 3. The molecule has 8 heteroatoms. The average molecular weight is 490 g/mol. The Hall–Kier alpha value is -1.55. The second-order valence-electron chi connectivity index (χ2n) is 6.33. The summed E-state index contributed by atoms with van der Waals surface area (Å²) in [6, 6.07) is 7.50. The van der Waals surface area contributed by atoms with Gasteiger partial charge in [0.2, 0.25) is 5.91 Å². The molecule has 3 N–H and O–H groups in total. The zero-order valence-corrected chi connectivity index (χ0v) is 18.6. The van der Waals surface area contributed by atoms with Gasteiger partial charge >= 0.3 is 0 Å². The molecule has 0 aliphatic carbocycles. The van der Waals surface area contributed by atoms with E-state index >= 15 is 0 Å². The van der Waals surface area contributed by atoms with E-state index in [0.717, 1.165) is 30.8 Å². The number of nitrogens with one attached hydrogen (secondary N) is 2. The molecule has 1 saturated heterocycles. The Balaban J connectivity index is 0.00000364. The van der Waals surface area contributed by atoms with Gasteiger partial charge in [-0.2, -0.15) is 0 Å². The van der Waals surface area contributed by atoms with E-state index in [2.05, 4.69) is 15.6 Å². The maximum atomic E-state index is 11.8. The number of likely N-dealkylation sites (tertiary alicyclic amines) is 1. The Bertz CT molecular complexity index is 609. The number of rotatable bonds is 7. The van der Waals surface area contributed by atoms with Crippen LogP contribution in [0.3, 0.4) is 0 Å². The molecule has 1 aliphatic heterocycles. The number of amides is 1. The molecule has 2 rings (SSSR count). The van der Waals surface area contributed by atoms with Gasteiger partial charge in [0.15, 0.2) is 5.96 Å². The van der Waals surface area contributed by atoms with Crippen LogP contribution >= 0.6 is 24.0 Å². The fourth-order valence-electron chi connectivity index (χ4n) is 2.95. The molecule has 1 heterocycles. The highest BCUT2D eigenvalue weighted by atomic mass is 127. The molecular formula is C19H31IN4O3. The standard InChI is InChI=1S/C19H30N4O3.HI/c1-4-18(25)23-11-10-15(13-23)22-19(20-5-2)21-12-17(24)14-6-8-16(26-3)9-7-14;/h6-9,15,17,24H,4-5,10-13H2,1-3H3,(H2,20,21,22);1H. The lowest BCUT2D eigenvalue weighted by atomic mass is 10.1. The van der Waals surface area contributed by atoms with Gasteiger partial charge < -0.3 is 25.4 Å². The molecule has 1 aromatic rings. The number of halogens is 1. The average Bonchev–Trinajstić information content (AvgIpc) is 3.14. The first-order valence-corrected chi connectivity index (χ1v) is 9.22. The lowest BCUT2D eigenvalue weighted by Crippen LogP contribution is -2.45. The minimum Gasteiger partial charge on any atom is -0.497 e. The molecule has 152 valence electrons. The Morgan fingerprint density at radius 2 is 2.07 bits per heavy atom. The van der Waals surface area contributed by atoms with E-state index < -0.39 is 6.10 Å². The van der Waals surface area contributed by atoms with Gasteiger partial charge in [0.05, 0.1) is 19.8 Å². The van der Waals surface area contributed by atoms with E-state index in [1.807, 2.05) is 43.0 Å². The SMILES string of the molecule is CCNC(=NCC(O)c1ccc(OC)cc1)NC1CCN(C(=O)CC)C1.I. The summed E-state index contributed by atoms with van der Waals surface area (Å²) in [4.78, 5) is 18.2. The molecule has 2 atom stereocenters. The van der Waals surface area contributed by atoms with Crippen molar-refractivity contribution >= 4 is 35.8 Å². The number of aliphatic hydroxyl groups excluding tert-OH is 1. The van der Waals surface area contributed by atoms with Crippen molar-refractivity contribution in [2.45, 2.75) is 38.8 Å². The zero-order chi connectivity index (χ0) is 18.9. The molecule has 7 nitrogen and oxygen atoms in total. The van der Waals surface area contributed by atoms with Crippen molar-refractivity contribution in [1.29, 1.82) is 0 Å². The topological polar surface area (TPSA) is 86.2 Å². The maximum absolute atomic E-state index is 11.8. The first kappa shape index (κ1) is 23.5. The third-order valence-electron chi connectivity index (χ3n) is 4.45. The van der Waals surface area contributed by atoms with E-state index in [1.54, 1.807) is 7.11 Å². The third-order valence-corrected chi connectivity index (χ3v) is 4.45. The Kier molecular flexibility index (Phi) is 10.5. The molecule has 1 aromatic carbocycles. The first-order chi connectivity index (χ1) is 12.6. The summed E-state index contributed by atoms with van der Waals surface area (Å²) in [5.74, 6) is 1.61. The van der Waals surface area contributed by atoms with Gasteiger partial charge in [-0.1, -0.05) is 19.1 Å². The van der Waals surface area contributed by atoms with Crippen molar-refractivity contribution in [3.63, 3.8) is 0 Å². The fraction of sp³-hybridized carbons (Fsp3) is 0.579. The molecule has 0 saturated carbocycles. The number of hydrogen-bond acceptors (Lipinski definition) is 4. The number of methoxy groups -OCH3 is 1. The van der Waals surface area contributed by atoms with E-state index in [9.17, 15) is 9.90 Å². The number of guanidine groups is 1. The van der Waals surface area contributed by atoms with Crippen LogP contribution in [0.1, 0.15) is 38.4 Å². The molecule has 0 aromatic heterocycles. The summed E-state index contributed by atoms with van der Waals surface area (Å²) in [5, 5.41) is 16.9. The van der Waals surface area contributed by atoms with E-state index in [1.165, 1.54) is 0 Å². The smallest absolute Gasteiger partial charge is 0.222 e. The van der Waals surface area contributed by atoms with Crippen LogP contribution in [-0.2, 0) is 4.79 Å². The van der Waals surface area contributed by atoms with Gasteiger partial charge in [-0.15, -0.1) is 24.0 Å². The van der Waals surface area contributed by atoms with Crippen LogP contribution in [0.2, 0.25) is 0 Å². The van der Waals surface area contributed by atoms with Crippen LogP contribution in [0.5, 0.6) is 5.75 Å². The summed E-state index contributed by atoms with van der Waals surface area (Å²) in [6.45, 7) is 6.34. The predicted molar refractivity (Wildman–Crippen MR) is 118 cm³/mol. The number of benzene rings is 1. The van der Waals surface area contributed by atoms with E-state index in [4.69, 9.17) is 4.74 Å². The zero-order valence-electron chi connectivity index (χ0n) is 16.3. The number of carbonyl (C=O) groups is 1. The number of aliphatic imine (C=N–C) groups is 1. The second-order valence-corrected chi connectivity index (χ2v) is 6.33. The Morgan fingerprint density at radius 1 is 1.37 bits per heavy atom. The van der Waals surface area contributed by atoms with Gasteiger partial charge in [0.1, 0.15) is 5.75 Å². The summed E-state index contributed by atoms with van der Waals surface area (Å²) in [6.07, 6.45) is 0.754. The predicted octanol–water partition coefficient (Wildman–Crippen LogP) is 1.91. The number of nitrogens with zero attached hydrogens (tertiary/aromatic N) is 2. The van der Waals surface area contributed by atoms with Crippen LogP contribution < -0.4 is 15.4 Å². The quantitative estimate of drug-likeness (QED) is 0.309. The highest BCUT2D eigenvalue weighted by Gasteiger charge is 2.25. The van der Waals surface area contributed by atoms with Gasteiger partial charge in [-0.05, 0) is 31.0 Å². The number of ether oxygens (including phenoxy) is 1. The van der Waals surface area contributed by atoms with Crippen LogP contribution in [0.4, 0.5) is 0 Å². The second kappa shape index (κ2) is 12.0. The Labute approximate surface area is 178 Å². The van der Waals surface area contributed by atoms with Gasteiger partial charge in [0.25, 0.3) is 0 Å². The number of carbonyl (C=O) groups excluding carboxylic acids is 1. The molecule has 0 bridgehead atoms. The molecule has 1 aliphatic rings. The minimum atomic E-state index is -0.682. The minimum absolute atomic E-state index is 0. The summed E-state index contributed by atoms with van der Waals surface area (Å²) in [5.41, 5.74) is 0.797. The van der Waals surface area contributed by atoms with E-state index in [0.29, 0.717) is 18.9 Å². The monoisotopic (exact) mass is 490 g/mol. The normalized spacial score (nSPS) is 17.9. The maximum Gasteiger partial charge on any atom is 0.222 e. The van der Waals surface area contributed by atoms with Crippen molar-refractivity contribution in [2.75, 3.05) is 33.3 Å². The van der Waals surface area contributed by atoms with E-state index in [-0.39, 0.29) is 42.5 Å². The van der Waals surface area contributed by atoms with Crippen LogP contribution in [0, 0.1) is 0 Å². The van der Waals surface area contributed by atoms with Crippen molar-refractivity contribution < 1.29 is 14.6 Å². The van der Waals surface area contributed by atoms with Gasteiger partial charge in [-0.25, -0.2) is 0 Å². The fourth-order valence-corrected chi connectivity index (χ4v) is 2.95. The van der Waals surface area contributed by atoms with Crippen LogP contribution in [0.25, 0.3) is 0 Å². The molecule has 2 unspecified atom stereocenters. The molecule has 27 heavy (non-hydrogen) atoms. The van der Waals surface area contributed by atoms with Crippen molar-refractivity contribution in [1.82, 2.24) is 15.5 Å². The molecule has 1 amide bonds. The molecule has 0 radical (unpaired) electrons. The highest BCUT2D eigenvalue weighted by Crippen LogP contribution is 2.18. The third kappa shape index (κ3) is 7.17. The largest absolute Gasteiger partial charge is 0.497 e. The van der Waals surface area contributed by atoms with Gasteiger partial charge in [0, 0.05) is 32.1 Å².